The number of ketones is 1. The molecule has 0 atom stereocenters. The summed E-state index contributed by atoms with van der Waals surface area (Å²) in [7, 11) is 0. The van der Waals surface area contributed by atoms with E-state index in [0.717, 1.165) is 24.1 Å². The fraction of sp³-hybridized carbons (Fsp3) is 0.353. The molecule has 104 valence electrons. The van der Waals surface area contributed by atoms with Crippen LogP contribution in [0.25, 0.3) is 0 Å². The van der Waals surface area contributed by atoms with Gasteiger partial charge in [0.2, 0.25) is 0 Å². The van der Waals surface area contributed by atoms with Gasteiger partial charge in [-0.3, -0.25) is 4.79 Å². The minimum absolute atomic E-state index is 0.123. The Morgan fingerprint density at radius 2 is 1.80 bits per heavy atom. The van der Waals surface area contributed by atoms with E-state index < -0.39 is 0 Å². The molecular weight excluding hydrogens is 266 g/mol. The Bertz CT molecular complexity index is 553. The summed E-state index contributed by atoms with van der Waals surface area (Å²) in [5, 5.41) is 3.85. The molecule has 0 radical (unpaired) electrons. The fourth-order valence-electron chi connectivity index (χ4n) is 2.68. The van der Waals surface area contributed by atoms with Gasteiger partial charge in [-0.1, -0.05) is 24.3 Å². The van der Waals surface area contributed by atoms with Crippen LogP contribution in [0.5, 0.6) is 0 Å². The summed E-state index contributed by atoms with van der Waals surface area (Å²) in [6.07, 6.45) is 3.76. The number of nitrogens with zero attached hydrogens (tertiary/aromatic N) is 1. The van der Waals surface area contributed by atoms with Crippen molar-refractivity contribution in [2.24, 2.45) is 0 Å². The lowest BCUT2D eigenvalue weighted by atomic mass is 10.0. The molecule has 0 unspecified atom stereocenters. The minimum Gasteiger partial charge on any atom is -0.303 e. The molecular formula is C17H19NOS. The van der Waals surface area contributed by atoms with Gasteiger partial charge in [0.05, 0.1) is 0 Å². The Morgan fingerprint density at radius 3 is 2.45 bits per heavy atom. The van der Waals surface area contributed by atoms with E-state index in [4.69, 9.17) is 0 Å². The molecule has 2 nitrogen and oxygen atoms in total. The Hall–Kier alpha value is -1.45. The van der Waals surface area contributed by atoms with Crippen molar-refractivity contribution in [2.45, 2.75) is 19.3 Å². The normalized spacial score (nSPS) is 15.6. The molecule has 0 saturated carbocycles. The van der Waals surface area contributed by atoms with Gasteiger partial charge in [-0.2, -0.15) is 11.3 Å². The van der Waals surface area contributed by atoms with E-state index >= 15 is 0 Å². The first-order valence-corrected chi connectivity index (χ1v) is 8.15. The third-order valence-electron chi connectivity index (χ3n) is 3.91. The van der Waals surface area contributed by atoms with Crippen LogP contribution < -0.4 is 0 Å². The highest BCUT2D eigenvalue weighted by molar-refractivity contribution is 7.08. The second-order valence-corrected chi connectivity index (χ2v) is 6.12. The average molecular weight is 285 g/mol. The molecule has 2 aromatic rings. The largest absolute Gasteiger partial charge is 0.303 e. The number of carbonyl (C=O) groups is 1. The van der Waals surface area contributed by atoms with Crippen molar-refractivity contribution in [3.63, 3.8) is 0 Å². The Kier molecular flexibility index (Phi) is 4.28. The molecule has 20 heavy (non-hydrogen) atoms. The smallest absolute Gasteiger partial charge is 0.193 e. The van der Waals surface area contributed by atoms with Gasteiger partial charge in [0.25, 0.3) is 0 Å². The van der Waals surface area contributed by atoms with Gasteiger partial charge in [0.1, 0.15) is 0 Å². The summed E-state index contributed by atoms with van der Waals surface area (Å²) in [4.78, 5) is 14.7. The maximum atomic E-state index is 12.2. The van der Waals surface area contributed by atoms with Gasteiger partial charge in [0.15, 0.2) is 5.78 Å². The molecule has 0 aliphatic carbocycles. The maximum Gasteiger partial charge on any atom is 0.193 e. The van der Waals surface area contributed by atoms with Gasteiger partial charge < -0.3 is 4.90 Å². The molecule has 0 bridgehead atoms. The number of thiophene rings is 1. The van der Waals surface area contributed by atoms with Gasteiger partial charge >= 0.3 is 0 Å². The molecule has 1 saturated heterocycles. The monoisotopic (exact) mass is 285 g/mol. The SMILES string of the molecule is O=C(c1ccc(CCN2CCCC2)cc1)c1ccsc1. The van der Waals surface area contributed by atoms with E-state index in [9.17, 15) is 4.79 Å². The lowest BCUT2D eigenvalue weighted by Crippen LogP contribution is -2.21. The van der Waals surface area contributed by atoms with Crippen molar-refractivity contribution in [3.05, 3.63) is 57.8 Å². The van der Waals surface area contributed by atoms with Crippen LogP contribution >= 0.6 is 11.3 Å². The van der Waals surface area contributed by atoms with E-state index in [1.165, 1.54) is 31.5 Å². The van der Waals surface area contributed by atoms with E-state index in [-0.39, 0.29) is 5.78 Å². The van der Waals surface area contributed by atoms with Gasteiger partial charge in [-0.25, -0.2) is 0 Å². The lowest BCUT2D eigenvalue weighted by molar-refractivity contribution is 0.103. The van der Waals surface area contributed by atoms with Crippen molar-refractivity contribution in [1.82, 2.24) is 4.90 Å². The number of likely N-dealkylation sites (tertiary alicyclic amines) is 1. The molecule has 3 rings (SSSR count). The van der Waals surface area contributed by atoms with Crippen molar-refractivity contribution in [1.29, 1.82) is 0 Å². The molecule has 1 aliphatic heterocycles. The second-order valence-electron chi connectivity index (χ2n) is 5.34. The Morgan fingerprint density at radius 1 is 1.05 bits per heavy atom. The number of carbonyl (C=O) groups excluding carboxylic acids is 1. The van der Waals surface area contributed by atoms with Gasteiger partial charge in [-0.05, 0) is 49.4 Å². The average Bonchev–Trinajstić information content (AvgIpc) is 3.18. The number of benzene rings is 1. The number of hydrogen-bond donors (Lipinski definition) is 0. The van der Waals surface area contributed by atoms with Gasteiger partial charge in [0, 0.05) is 23.1 Å². The molecule has 0 amide bonds. The first-order chi connectivity index (χ1) is 9.83. The highest BCUT2D eigenvalue weighted by Gasteiger charge is 2.12. The van der Waals surface area contributed by atoms with Crippen LogP contribution in [0, 0.1) is 0 Å². The summed E-state index contributed by atoms with van der Waals surface area (Å²) in [6, 6.07) is 9.98. The van der Waals surface area contributed by atoms with Crippen LogP contribution in [0.15, 0.2) is 41.1 Å². The zero-order chi connectivity index (χ0) is 13.8. The van der Waals surface area contributed by atoms with E-state index in [1.807, 2.05) is 29.0 Å². The predicted molar refractivity (Wildman–Crippen MR) is 83.6 cm³/mol. The van der Waals surface area contributed by atoms with Crippen LogP contribution in [0.2, 0.25) is 0 Å². The molecule has 1 aromatic heterocycles. The van der Waals surface area contributed by atoms with Crippen LogP contribution in [-0.2, 0) is 6.42 Å². The second kappa shape index (κ2) is 6.33. The maximum absolute atomic E-state index is 12.2. The first kappa shape index (κ1) is 13.5. The quantitative estimate of drug-likeness (QED) is 0.782. The molecule has 1 fully saturated rings. The molecule has 2 heterocycles. The Labute approximate surface area is 124 Å². The highest BCUT2D eigenvalue weighted by atomic mass is 32.1. The summed E-state index contributed by atoms with van der Waals surface area (Å²) >= 11 is 1.56. The van der Waals surface area contributed by atoms with E-state index in [1.54, 1.807) is 11.3 Å². The molecule has 1 aromatic carbocycles. The first-order valence-electron chi connectivity index (χ1n) is 7.21. The highest BCUT2D eigenvalue weighted by Crippen LogP contribution is 2.15. The van der Waals surface area contributed by atoms with E-state index in [2.05, 4.69) is 17.0 Å². The van der Waals surface area contributed by atoms with Crippen LogP contribution in [0.1, 0.15) is 34.3 Å². The van der Waals surface area contributed by atoms with E-state index in [0.29, 0.717) is 0 Å². The topological polar surface area (TPSA) is 20.3 Å². The molecule has 0 N–H and O–H groups in total. The predicted octanol–water partition coefficient (Wildman–Crippen LogP) is 3.62. The Balaban J connectivity index is 1.60. The standard InChI is InChI=1S/C17H19NOS/c19-17(16-8-12-20-13-16)15-5-3-14(4-6-15)7-11-18-9-1-2-10-18/h3-6,8,12-13H,1-2,7,9-11H2. The third kappa shape index (κ3) is 3.17. The zero-order valence-electron chi connectivity index (χ0n) is 11.5. The lowest BCUT2D eigenvalue weighted by Gasteiger charge is -2.14. The summed E-state index contributed by atoms with van der Waals surface area (Å²) < 4.78 is 0. The van der Waals surface area contributed by atoms with Crippen molar-refractivity contribution >= 4 is 17.1 Å². The summed E-state index contributed by atoms with van der Waals surface area (Å²) in [6.45, 7) is 3.63. The van der Waals surface area contributed by atoms with Crippen LogP contribution in [0.4, 0.5) is 0 Å². The molecule has 0 spiro atoms. The fourth-order valence-corrected chi connectivity index (χ4v) is 3.31. The van der Waals surface area contributed by atoms with Crippen LogP contribution in [-0.4, -0.2) is 30.3 Å². The molecule has 1 aliphatic rings. The van der Waals surface area contributed by atoms with Crippen molar-refractivity contribution in [3.8, 4) is 0 Å². The van der Waals surface area contributed by atoms with Crippen molar-refractivity contribution in [2.75, 3.05) is 19.6 Å². The van der Waals surface area contributed by atoms with Gasteiger partial charge in [-0.15, -0.1) is 0 Å². The summed E-state index contributed by atoms with van der Waals surface area (Å²) in [5.74, 6) is 0.123. The molecule has 3 heteroatoms. The van der Waals surface area contributed by atoms with Crippen LogP contribution in [0.3, 0.4) is 0 Å². The number of rotatable bonds is 5. The minimum atomic E-state index is 0.123. The summed E-state index contributed by atoms with van der Waals surface area (Å²) in [5.41, 5.74) is 2.90. The zero-order valence-corrected chi connectivity index (χ0v) is 12.4. The van der Waals surface area contributed by atoms with Crippen molar-refractivity contribution < 1.29 is 4.79 Å². The number of hydrogen-bond acceptors (Lipinski definition) is 3. The third-order valence-corrected chi connectivity index (χ3v) is 4.60.